The Hall–Kier alpha value is -2.95. The van der Waals surface area contributed by atoms with Crippen molar-refractivity contribution in [1.29, 1.82) is 0 Å². The number of hydrogen-bond donors (Lipinski definition) is 1. The number of rotatable bonds is 5. The van der Waals surface area contributed by atoms with Gasteiger partial charge in [0.2, 0.25) is 5.91 Å². The molecule has 1 heterocycles. The fourth-order valence-corrected chi connectivity index (χ4v) is 2.84. The van der Waals surface area contributed by atoms with Crippen molar-refractivity contribution in [2.75, 3.05) is 5.32 Å². The number of hydrogen-bond acceptors (Lipinski definition) is 3. The fourth-order valence-electron chi connectivity index (χ4n) is 2.84. The van der Waals surface area contributed by atoms with Crippen LogP contribution in [-0.4, -0.2) is 15.5 Å². The van der Waals surface area contributed by atoms with Gasteiger partial charge >= 0.3 is 0 Å². The van der Waals surface area contributed by atoms with Gasteiger partial charge in [0.05, 0.1) is 16.6 Å². The summed E-state index contributed by atoms with van der Waals surface area (Å²) in [7, 11) is 0. The molecule has 0 saturated heterocycles. The molecule has 128 valence electrons. The molecule has 0 unspecified atom stereocenters. The summed E-state index contributed by atoms with van der Waals surface area (Å²) in [6.45, 7) is 3.58. The van der Waals surface area contributed by atoms with Crippen LogP contribution < -0.4 is 10.9 Å². The molecule has 5 nitrogen and oxygen atoms in total. The number of benzene rings is 2. The fraction of sp³-hybridized carbons (Fsp3) is 0.250. The minimum Gasteiger partial charge on any atom is -0.326 e. The zero-order valence-corrected chi connectivity index (χ0v) is 14.5. The summed E-state index contributed by atoms with van der Waals surface area (Å²) < 4.78 is 1.68. The first-order chi connectivity index (χ1) is 12.1. The zero-order valence-electron chi connectivity index (χ0n) is 14.5. The van der Waals surface area contributed by atoms with Gasteiger partial charge in [-0.1, -0.05) is 25.5 Å². The van der Waals surface area contributed by atoms with Crippen LogP contribution in [0.4, 0.5) is 5.69 Å². The molecule has 3 aromatic rings. The second-order valence-corrected chi connectivity index (χ2v) is 6.02. The molecular weight excluding hydrogens is 314 g/mol. The van der Waals surface area contributed by atoms with E-state index in [0.29, 0.717) is 11.1 Å². The second kappa shape index (κ2) is 7.30. The molecule has 2 aromatic carbocycles. The lowest BCUT2D eigenvalue weighted by Crippen LogP contribution is -2.24. The second-order valence-electron chi connectivity index (χ2n) is 6.02. The van der Waals surface area contributed by atoms with Crippen molar-refractivity contribution in [3.05, 3.63) is 64.7 Å². The number of carbonyl (C=O) groups is 1. The lowest BCUT2D eigenvalue weighted by Gasteiger charge is -2.14. The van der Waals surface area contributed by atoms with Crippen molar-refractivity contribution in [2.24, 2.45) is 0 Å². The van der Waals surface area contributed by atoms with Crippen LogP contribution in [0.5, 0.6) is 0 Å². The third-order valence-electron chi connectivity index (χ3n) is 4.04. The standard InChI is InChI=1S/C20H21N3O2/c1-3-4-9-19-22-18-8-6-5-7-17(18)20(25)23(19)16-12-10-15(11-13-16)21-14(2)24/h5-8,10-13H,3-4,9H2,1-2H3,(H,21,24). The number of unbranched alkanes of at least 4 members (excludes halogenated alkanes) is 1. The number of fused-ring (bicyclic) bond motifs is 1. The van der Waals surface area contributed by atoms with Gasteiger partial charge in [0.25, 0.3) is 5.56 Å². The highest BCUT2D eigenvalue weighted by atomic mass is 16.1. The van der Waals surface area contributed by atoms with Gasteiger partial charge < -0.3 is 5.32 Å². The van der Waals surface area contributed by atoms with E-state index in [1.807, 2.05) is 30.3 Å². The first kappa shape index (κ1) is 16.9. The Balaban J connectivity index is 2.14. The van der Waals surface area contributed by atoms with Gasteiger partial charge in [0.15, 0.2) is 0 Å². The van der Waals surface area contributed by atoms with E-state index in [0.717, 1.165) is 36.3 Å². The summed E-state index contributed by atoms with van der Waals surface area (Å²) in [6.07, 6.45) is 2.74. The molecule has 0 spiro atoms. The molecule has 0 aliphatic carbocycles. The Morgan fingerprint density at radius 1 is 1.12 bits per heavy atom. The zero-order chi connectivity index (χ0) is 17.8. The number of aromatic nitrogens is 2. The number of carbonyl (C=O) groups excluding carboxylic acids is 1. The highest BCUT2D eigenvalue weighted by Gasteiger charge is 2.12. The van der Waals surface area contributed by atoms with Crippen LogP contribution in [-0.2, 0) is 11.2 Å². The Bertz CT molecular complexity index is 959. The quantitative estimate of drug-likeness (QED) is 0.773. The van der Waals surface area contributed by atoms with Gasteiger partial charge in [-0.15, -0.1) is 0 Å². The van der Waals surface area contributed by atoms with E-state index in [1.54, 1.807) is 22.8 Å². The molecule has 0 atom stereocenters. The van der Waals surface area contributed by atoms with Crippen LogP contribution >= 0.6 is 0 Å². The van der Waals surface area contributed by atoms with Crippen molar-refractivity contribution < 1.29 is 4.79 Å². The summed E-state index contributed by atoms with van der Waals surface area (Å²) in [5.41, 5.74) is 2.12. The third-order valence-corrected chi connectivity index (χ3v) is 4.04. The first-order valence-electron chi connectivity index (χ1n) is 8.49. The Labute approximate surface area is 146 Å². The molecule has 0 fully saturated rings. The lowest BCUT2D eigenvalue weighted by molar-refractivity contribution is -0.114. The van der Waals surface area contributed by atoms with Gasteiger partial charge in [-0.2, -0.15) is 0 Å². The minimum atomic E-state index is -0.124. The molecule has 1 amide bonds. The minimum absolute atomic E-state index is 0.0658. The van der Waals surface area contributed by atoms with Crippen molar-refractivity contribution in [3.8, 4) is 5.69 Å². The number of para-hydroxylation sites is 1. The monoisotopic (exact) mass is 335 g/mol. The molecule has 0 saturated carbocycles. The first-order valence-corrected chi connectivity index (χ1v) is 8.49. The van der Waals surface area contributed by atoms with Crippen LogP contribution in [0.1, 0.15) is 32.5 Å². The molecule has 0 radical (unpaired) electrons. The van der Waals surface area contributed by atoms with Gasteiger partial charge in [0.1, 0.15) is 5.82 Å². The topological polar surface area (TPSA) is 64.0 Å². The van der Waals surface area contributed by atoms with Crippen LogP contribution in [0.2, 0.25) is 0 Å². The van der Waals surface area contributed by atoms with Crippen LogP contribution in [0.3, 0.4) is 0 Å². The van der Waals surface area contributed by atoms with E-state index in [9.17, 15) is 9.59 Å². The van der Waals surface area contributed by atoms with E-state index >= 15 is 0 Å². The molecule has 1 aromatic heterocycles. The maximum Gasteiger partial charge on any atom is 0.265 e. The predicted octanol–water partition coefficient (Wildman–Crippen LogP) is 3.69. The smallest absolute Gasteiger partial charge is 0.265 e. The molecular formula is C20H21N3O2. The summed E-state index contributed by atoms with van der Waals surface area (Å²) in [4.78, 5) is 28.9. The molecule has 0 bridgehead atoms. The number of aryl methyl sites for hydroxylation is 1. The Morgan fingerprint density at radius 3 is 2.52 bits per heavy atom. The van der Waals surface area contributed by atoms with E-state index in [4.69, 9.17) is 4.98 Å². The summed E-state index contributed by atoms with van der Waals surface area (Å²) in [5, 5.41) is 3.34. The Morgan fingerprint density at radius 2 is 1.84 bits per heavy atom. The van der Waals surface area contributed by atoms with Crippen molar-refractivity contribution in [2.45, 2.75) is 33.1 Å². The number of nitrogens with zero attached hydrogens (tertiary/aromatic N) is 2. The van der Waals surface area contributed by atoms with E-state index < -0.39 is 0 Å². The SMILES string of the molecule is CCCCc1nc2ccccc2c(=O)n1-c1ccc(NC(C)=O)cc1. The summed E-state index contributed by atoms with van der Waals surface area (Å²) >= 11 is 0. The van der Waals surface area contributed by atoms with E-state index in [2.05, 4.69) is 12.2 Å². The average Bonchev–Trinajstić information content (AvgIpc) is 2.60. The van der Waals surface area contributed by atoms with Crippen molar-refractivity contribution in [3.63, 3.8) is 0 Å². The average molecular weight is 335 g/mol. The molecule has 0 aliphatic heterocycles. The number of nitrogens with one attached hydrogen (secondary N) is 1. The number of anilines is 1. The Kier molecular flexibility index (Phi) is 4.93. The molecule has 1 N–H and O–H groups in total. The van der Waals surface area contributed by atoms with Gasteiger partial charge in [-0.25, -0.2) is 4.98 Å². The summed E-state index contributed by atoms with van der Waals surface area (Å²) in [5.74, 6) is 0.638. The summed E-state index contributed by atoms with van der Waals surface area (Å²) in [6, 6.07) is 14.7. The third kappa shape index (κ3) is 3.60. The van der Waals surface area contributed by atoms with Crippen LogP contribution in [0, 0.1) is 0 Å². The van der Waals surface area contributed by atoms with Crippen molar-refractivity contribution in [1.82, 2.24) is 9.55 Å². The highest BCUT2D eigenvalue weighted by molar-refractivity contribution is 5.88. The van der Waals surface area contributed by atoms with Gasteiger partial charge in [0, 0.05) is 19.0 Å². The predicted molar refractivity (Wildman–Crippen MR) is 100 cm³/mol. The van der Waals surface area contributed by atoms with Crippen LogP contribution in [0.15, 0.2) is 53.3 Å². The highest BCUT2D eigenvalue weighted by Crippen LogP contribution is 2.17. The van der Waals surface area contributed by atoms with E-state index in [1.165, 1.54) is 6.92 Å². The maximum absolute atomic E-state index is 13.0. The lowest BCUT2D eigenvalue weighted by atomic mass is 10.2. The molecule has 5 heteroatoms. The van der Waals surface area contributed by atoms with Gasteiger partial charge in [-0.05, 0) is 42.8 Å². The van der Waals surface area contributed by atoms with E-state index in [-0.39, 0.29) is 11.5 Å². The molecule has 25 heavy (non-hydrogen) atoms. The maximum atomic E-state index is 13.0. The van der Waals surface area contributed by atoms with Gasteiger partial charge in [-0.3, -0.25) is 14.2 Å². The largest absolute Gasteiger partial charge is 0.326 e. The van der Waals surface area contributed by atoms with Crippen LogP contribution in [0.25, 0.3) is 16.6 Å². The number of amides is 1. The normalized spacial score (nSPS) is 10.8. The molecule has 0 aliphatic rings. The molecule has 3 rings (SSSR count). The van der Waals surface area contributed by atoms with Crippen molar-refractivity contribution >= 4 is 22.5 Å².